The molecule has 0 aliphatic carbocycles. The first kappa shape index (κ1) is 13.5. The van der Waals surface area contributed by atoms with Crippen molar-refractivity contribution >= 4 is 0 Å². The molecule has 4 saturated heterocycles. The zero-order valence-electron chi connectivity index (χ0n) is 12.2. The van der Waals surface area contributed by atoms with E-state index in [0.717, 1.165) is 38.1 Å². The third-order valence-corrected chi connectivity index (χ3v) is 5.86. The number of morpholine rings is 1. The van der Waals surface area contributed by atoms with Gasteiger partial charge in [0.05, 0.1) is 12.7 Å². The fourth-order valence-corrected chi connectivity index (χ4v) is 4.74. The summed E-state index contributed by atoms with van der Waals surface area (Å²) >= 11 is 0. The van der Waals surface area contributed by atoms with E-state index >= 15 is 0 Å². The Morgan fingerprint density at radius 1 is 0.800 bits per heavy atom. The van der Waals surface area contributed by atoms with Gasteiger partial charge in [-0.15, -0.1) is 0 Å². The van der Waals surface area contributed by atoms with Gasteiger partial charge in [-0.2, -0.15) is 0 Å². The predicted molar refractivity (Wildman–Crippen MR) is 78.8 cm³/mol. The minimum atomic E-state index is 0.399. The van der Waals surface area contributed by atoms with Crippen LogP contribution in [-0.2, 0) is 4.74 Å². The average Bonchev–Trinajstić information content (AvgIpc) is 2.54. The third-order valence-electron chi connectivity index (χ3n) is 5.86. The van der Waals surface area contributed by atoms with Gasteiger partial charge in [-0.1, -0.05) is 0 Å². The molecule has 5 heteroatoms. The summed E-state index contributed by atoms with van der Waals surface area (Å²) in [5.41, 5.74) is 0. The topological polar surface area (TPSA) is 57.3 Å². The molecule has 0 aromatic rings. The van der Waals surface area contributed by atoms with Crippen LogP contribution in [0.1, 0.15) is 12.8 Å². The van der Waals surface area contributed by atoms with Gasteiger partial charge in [0.2, 0.25) is 0 Å². The summed E-state index contributed by atoms with van der Waals surface area (Å²) in [6.07, 6.45) is 3.06. The highest BCUT2D eigenvalue weighted by atomic mass is 16.5. The highest BCUT2D eigenvalue weighted by Crippen LogP contribution is 2.32. The van der Waals surface area contributed by atoms with Crippen molar-refractivity contribution in [1.82, 2.24) is 21.3 Å². The number of hydrogen-bond donors (Lipinski definition) is 4. The SMILES string of the molecule is C1CC2CNC(C3CNCC4NCCOC43)CC2CN1. The molecule has 4 heterocycles. The maximum absolute atomic E-state index is 6.13. The standard InChI is InChI=1S/C15H28N4O/c1-2-16-6-11-5-13(19-7-10(1)11)12-8-17-9-14-15(12)20-4-3-18-14/h10-19H,1-9H2. The van der Waals surface area contributed by atoms with Crippen LogP contribution in [0.2, 0.25) is 0 Å². The van der Waals surface area contributed by atoms with Crippen molar-refractivity contribution in [2.45, 2.75) is 31.0 Å². The van der Waals surface area contributed by atoms with E-state index in [4.69, 9.17) is 4.74 Å². The van der Waals surface area contributed by atoms with Gasteiger partial charge in [0.1, 0.15) is 0 Å². The second kappa shape index (κ2) is 5.89. The second-order valence-electron chi connectivity index (χ2n) is 6.98. The molecule has 4 fully saturated rings. The van der Waals surface area contributed by atoms with Crippen LogP contribution >= 0.6 is 0 Å². The van der Waals surface area contributed by atoms with Crippen molar-refractivity contribution < 1.29 is 4.74 Å². The number of piperidine rings is 3. The highest BCUT2D eigenvalue weighted by molar-refractivity contribution is 5.00. The minimum absolute atomic E-state index is 0.399. The first-order valence-electron chi connectivity index (χ1n) is 8.41. The van der Waals surface area contributed by atoms with Crippen molar-refractivity contribution in [2.24, 2.45) is 17.8 Å². The van der Waals surface area contributed by atoms with E-state index in [9.17, 15) is 0 Å². The molecule has 0 radical (unpaired) electrons. The first-order chi connectivity index (χ1) is 9.92. The third kappa shape index (κ3) is 2.50. The molecule has 0 saturated carbocycles. The summed E-state index contributed by atoms with van der Waals surface area (Å²) in [6, 6.07) is 1.13. The Kier molecular flexibility index (Phi) is 3.96. The summed E-state index contributed by atoms with van der Waals surface area (Å²) in [7, 11) is 0. The van der Waals surface area contributed by atoms with Gasteiger partial charge in [-0.3, -0.25) is 0 Å². The van der Waals surface area contributed by atoms with Gasteiger partial charge in [-0.05, 0) is 44.3 Å². The largest absolute Gasteiger partial charge is 0.375 e. The molecule has 4 N–H and O–H groups in total. The molecule has 4 aliphatic heterocycles. The first-order valence-corrected chi connectivity index (χ1v) is 8.41. The fourth-order valence-electron chi connectivity index (χ4n) is 4.74. The van der Waals surface area contributed by atoms with Crippen LogP contribution in [-0.4, -0.2) is 64.1 Å². The quantitative estimate of drug-likeness (QED) is 0.504. The molecule has 0 aromatic heterocycles. The van der Waals surface area contributed by atoms with Crippen LogP contribution in [0.3, 0.4) is 0 Å². The summed E-state index contributed by atoms with van der Waals surface area (Å²) < 4.78 is 6.13. The Balaban J connectivity index is 1.43. The molecule has 114 valence electrons. The van der Waals surface area contributed by atoms with Gasteiger partial charge in [0, 0.05) is 37.6 Å². The van der Waals surface area contributed by atoms with Crippen LogP contribution in [0.4, 0.5) is 0 Å². The molecule has 0 spiro atoms. The lowest BCUT2D eigenvalue weighted by atomic mass is 9.73. The molecular weight excluding hydrogens is 252 g/mol. The molecule has 4 rings (SSSR count). The lowest BCUT2D eigenvalue weighted by Gasteiger charge is -2.49. The van der Waals surface area contributed by atoms with Crippen molar-refractivity contribution in [2.75, 3.05) is 45.9 Å². The van der Waals surface area contributed by atoms with E-state index in [1.807, 2.05) is 0 Å². The molecular formula is C15H28N4O. The average molecular weight is 280 g/mol. The predicted octanol–water partition coefficient (Wildman–Crippen LogP) is -0.850. The van der Waals surface area contributed by atoms with Crippen molar-refractivity contribution in [3.05, 3.63) is 0 Å². The lowest BCUT2D eigenvalue weighted by Crippen LogP contribution is -2.66. The van der Waals surface area contributed by atoms with Crippen molar-refractivity contribution in [3.8, 4) is 0 Å². The lowest BCUT2D eigenvalue weighted by molar-refractivity contribution is -0.0675. The molecule has 6 atom stereocenters. The van der Waals surface area contributed by atoms with Gasteiger partial charge in [0.15, 0.2) is 0 Å². The molecule has 5 nitrogen and oxygen atoms in total. The van der Waals surface area contributed by atoms with Gasteiger partial charge in [-0.25, -0.2) is 0 Å². The zero-order chi connectivity index (χ0) is 13.4. The number of hydrogen-bond acceptors (Lipinski definition) is 5. The van der Waals surface area contributed by atoms with Crippen LogP contribution in [0.25, 0.3) is 0 Å². The van der Waals surface area contributed by atoms with Crippen molar-refractivity contribution in [3.63, 3.8) is 0 Å². The van der Waals surface area contributed by atoms with Crippen LogP contribution in [0.15, 0.2) is 0 Å². The van der Waals surface area contributed by atoms with Crippen LogP contribution in [0, 0.1) is 17.8 Å². The van der Waals surface area contributed by atoms with E-state index in [1.54, 1.807) is 0 Å². The smallest absolute Gasteiger partial charge is 0.0796 e. The van der Waals surface area contributed by atoms with E-state index < -0.39 is 0 Å². The fraction of sp³-hybridized carbons (Fsp3) is 1.00. The summed E-state index contributed by atoms with van der Waals surface area (Å²) in [5, 5.41) is 14.6. The van der Waals surface area contributed by atoms with Gasteiger partial charge >= 0.3 is 0 Å². The molecule has 0 amide bonds. The number of rotatable bonds is 1. The number of ether oxygens (including phenoxy) is 1. The summed E-state index contributed by atoms with van der Waals surface area (Å²) in [5.74, 6) is 2.38. The Morgan fingerprint density at radius 3 is 2.80 bits per heavy atom. The molecule has 6 unspecified atom stereocenters. The Labute approximate surface area is 121 Å². The van der Waals surface area contributed by atoms with Crippen LogP contribution < -0.4 is 21.3 Å². The Hall–Kier alpha value is -0.200. The summed E-state index contributed by atoms with van der Waals surface area (Å²) in [6.45, 7) is 7.66. The monoisotopic (exact) mass is 280 g/mol. The number of nitrogens with one attached hydrogen (secondary N) is 4. The van der Waals surface area contributed by atoms with Crippen molar-refractivity contribution in [1.29, 1.82) is 0 Å². The molecule has 0 aromatic carbocycles. The maximum Gasteiger partial charge on any atom is 0.0796 e. The van der Waals surface area contributed by atoms with E-state index in [2.05, 4.69) is 21.3 Å². The Morgan fingerprint density at radius 2 is 1.80 bits per heavy atom. The second-order valence-corrected chi connectivity index (χ2v) is 6.98. The normalized spacial score (nSPS) is 49.2. The number of fused-ring (bicyclic) bond motifs is 2. The van der Waals surface area contributed by atoms with Crippen LogP contribution in [0.5, 0.6) is 0 Å². The van der Waals surface area contributed by atoms with Gasteiger partial charge < -0.3 is 26.0 Å². The van der Waals surface area contributed by atoms with E-state index in [1.165, 1.54) is 32.5 Å². The zero-order valence-corrected chi connectivity index (χ0v) is 12.2. The molecule has 0 bridgehead atoms. The van der Waals surface area contributed by atoms with E-state index in [0.29, 0.717) is 24.1 Å². The Bertz CT molecular complexity index is 338. The molecule has 20 heavy (non-hydrogen) atoms. The van der Waals surface area contributed by atoms with Gasteiger partial charge in [0.25, 0.3) is 0 Å². The minimum Gasteiger partial charge on any atom is -0.375 e. The summed E-state index contributed by atoms with van der Waals surface area (Å²) in [4.78, 5) is 0. The van der Waals surface area contributed by atoms with E-state index in [-0.39, 0.29) is 0 Å². The maximum atomic E-state index is 6.13. The molecule has 4 aliphatic rings. The highest BCUT2D eigenvalue weighted by Gasteiger charge is 2.43.